The molecule has 2 N–H and O–H groups in total. The number of halogens is 1. The molecule has 118 valence electrons. The second-order valence-electron chi connectivity index (χ2n) is 5.49. The summed E-state index contributed by atoms with van der Waals surface area (Å²) in [7, 11) is 0. The highest BCUT2D eigenvalue weighted by Gasteiger charge is 2.20. The normalized spacial score (nSPS) is 22.2. The molecule has 0 unspecified atom stereocenters. The third-order valence-electron chi connectivity index (χ3n) is 4.09. The zero-order valence-corrected chi connectivity index (χ0v) is 14.5. The molecule has 1 heterocycles. The maximum Gasteiger partial charge on any atom is 0.133 e. The number of para-hydroxylation sites is 1. The summed E-state index contributed by atoms with van der Waals surface area (Å²) >= 11 is 3.47. The van der Waals surface area contributed by atoms with Gasteiger partial charge in [-0.3, -0.25) is 0 Å². The third-order valence-corrected chi connectivity index (χ3v) is 4.74. The molecule has 1 saturated heterocycles. The van der Waals surface area contributed by atoms with E-state index < -0.39 is 0 Å². The summed E-state index contributed by atoms with van der Waals surface area (Å²) in [6.45, 7) is 11.9. The van der Waals surface area contributed by atoms with Gasteiger partial charge in [-0.05, 0) is 35.0 Å². The molecule has 5 heteroatoms. The SMILES string of the molecule is CC[NH+]1CC[NH+](CCOCCOc2ccccc2Br)CC1. The van der Waals surface area contributed by atoms with Crippen LogP contribution in [0.15, 0.2) is 28.7 Å². The van der Waals surface area contributed by atoms with Crippen LogP contribution in [0.5, 0.6) is 5.75 Å². The lowest BCUT2D eigenvalue weighted by Gasteiger charge is -2.28. The molecule has 0 saturated carbocycles. The van der Waals surface area contributed by atoms with Crippen molar-refractivity contribution in [2.75, 3.05) is 59.1 Å². The second kappa shape index (κ2) is 9.41. The highest BCUT2D eigenvalue weighted by Crippen LogP contribution is 2.23. The Balaban J connectivity index is 1.50. The highest BCUT2D eigenvalue weighted by molar-refractivity contribution is 9.10. The molecule has 0 bridgehead atoms. The zero-order valence-electron chi connectivity index (χ0n) is 12.9. The predicted molar refractivity (Wildman–Crippen MR) is 87.3 cm³/mol. The van der Waals surface area contributed by atoms with Crippen molar-refractivity contribution in [2.45, 2.75) is 6.92 Å². The molecule has 2 rings (SSSR count). The second-order valence-corrected chi connectivity index (χ2v) is 6.35. The summed E-state index contributed by atoms with van der Waals surface area (Å²) in [5.74, 6) is 0.880. The predicted octanol–water partition coefficient (Wildman–Crippen LogP) is -0.352. The molecule has 0 spiro atoms. The van der Waals surface area contributed by atoms with Gasteiger partial charge in [-0.2, -0.15) is 0 Å². The van der Waals surface area contributed by atoms with E-state index in [1.807, 2.05) is 24.3 Å². The van der Waals surface area contributed by atoms with Crippen molar-refractivity contribution in [3.05, 3.63) is 28.7 Å². The fourth-order valence-corrected chi connectivity index (χ4v) is 3.05. The van der Waals surface area contributed by atoms with E-state index in [-0.39, 0.29) is 0 Å². The number of quaternary nitrogens is 2. The molecule has 21 heavy (non-hydrogen) atoms. The summed E-state index contributed by atoms with van der Waals surface area (Å²) < 4.78 is 12.4. The van der Waals surface area contributed by atoms with Crippen LogP contribution in [-0.4, -0.2) is 59.1 Å². The summed E-state index contributed by atoms with van der Waals surface area (Å²) in [6, 6.07) is 7.90. The number of piperazine rings is 1. The smallest absolute Gasteiger partial charge is 0.133 e. The molecule has 0 amide bonds. The minimum absolute atomic E-state index is 0.603. The van der Waals surface area contributed by atoms with E-state index in [1.54, 1.807) is 9.80 Å². The van der Waals surface area contributed by atoms with Crippen LogP contribution in [0.1, 0.15) is 6.92 Å². The minimum Gasteiger partial charge on any atom is -0.490 e. The van der Waals surface area contributed by atoms with E-state index in [1.165, 1.54) is 32.7 Å². The molecule has 0 atom stereocenters. The molecule has 1 fully saturated rings. The quantitative estimate of drug-likeness (QED) is 0.621. The van der Waals surface area contributed by atoms with Gasteiger partial charge >= 0.3 is 0 Å². The monoisotopic (exact) mass is 358 g/mol. The maximum atomic E-state index is 5.68. The Morgan fingerprint density at radius 2 is 1.71 bits per heavy atom. The van der Waals surface area contributed by atoms with Crippen LogP contribution in [0.25, 0.3) is 0 Å². The van der Waals surface area contributed by atoms with Crippen LogP contribution < -0.4 is 14.5 Å². The number of hydrogen-bond donors (Lipinski definition) is 2. The van der Waals surface area contributed by atoms with Gasteiger partial charge in [-0.25, -0.2) is 0 Å². The molecule has 0 aromatic heterocycles. The van der Waals surface area contributed by atoms with Crippen molar-refractivity contribution < 1.29 is 19.3 Å². The van der Waals surface area contributed by atoms with Crippen molar-refractivity contribution in [2.24, 2.45) is 0 Å². The Kier molecular flexibility index (Phi) is 7.50. The van der Waals surface area contributed by atoms with Gasteiger partial charge < -0.3 is 19.3 Å². The molecule has 4 nitrogen and oxygen atoms in total. The van der Waals surface area contributed by atoms with Gasteiger partial charge in [0, 0.05) is 0 Å². The number of benzene rings is 1. The molecule has 1 aromatic carbocycles. The third kappa shape index (κ3) is 5.94. The van der Waals surface area contributed by atoms with Crippen LogP contribution in [0.3, 0.4) is 0 Å². The van der Waals surface area contributed by atoms with E-state index in [0.29, 0.717) is 13.2 Å². The molecule has 0 aliphatic carbocycles. The van der Waals surface area contributed by atoms with Gasteiger partial charge in [-0.15, -0.1) is 0 Å². The fourth-order valence-electron chi connectivity index (χ4n) is 2.65. The van der Waals surface area contributed by atoms with Crippen LogP contribution in [-0.2, 0) is 4.74 Å². The number of ether oxygens (including phenoxy) is 2. The van der Waals surface area contributed by atoms with Crippen LogP contribution in [0.4, 0.5) is 0 Å². The average molecular weight is 359 g/mol. The van der Waals surface area contributed by atoms with E-state index in [9.17, 15) is 0 Å². The van der Waals surface area contributed by atoms with Crippen LogP contribution in [0.2, 0.25) is 0 Å². The van der Waals surface area contributed by atoms with Gasteiger partial charge in [0.05, 0.1) is 24.2 Å². The Bertz CT molecular complexity index is 409. The van der Waals surface area contributed by atoms with E-state index in [0.717, 1.165) is 23.4 Å². The fraction of sp³-hybridized carbons (Fsp3) is 0.625. The minimum atomic E-state index is 0.603. The zero-order chi connectivity index (χ0) is 14.9. The van der Waals surface area contributed by atoms with Crippen molar-refractivity contribution in [3.8, 4) is 5.75 Å². The summed E-state index contributed by atoms with van der Waals surface area (Å²) in [5, 5.41) is 0. The molecular weight excluding hydrogens is 332 g/mol. The Morgan fingerprint density at radius 3 is 2.43 bits per heavy atom. The topological polar surface area (TPSA) is 27.3 Å². The van der Waals surface area contributed by atoms with Gasteiger partial charge in [0.25, 0.3) is 0 Å². The van der Waals surface area contributed by atoms with Gasteiger partial charge in [-0.1, -0.05) is 12.1 Å². The van der Waals surface area contributed by atoms with Crippen molar-refractivity contribution in [1.29, 1.82) is 0 Å². The summed E-state index contributed by atoms with van der Waals surface area (Å²) in [4.78, 5) is 3.42. The lowest BCUT2D eigenvalue weighted by molar-refractivity contribution is -1.01. The number of likely N-dealkylation sites (N-methyl/N-ethyl adjacent to an activating group) is 1. The molecule has 1 aliphatic heterocycles. The molecular formula is C16H27BrN2O2+2. The first-order valence-corrected chi connectivity index (χ1v) is 8.71. The Labute approximate surface area is 136 Å². The Hall–Kier alpha value is -0.620. The van der Waals surface area contributed by atoms with Crippen LogP contribution >= 0.6 is 15.9 Å². The molecule has 0 radical (unpaired) electrons. The standard InChI is InChI=1S/C16H25BrN2O2/c1-2-18-7-9-19(10-8-18)11-12-20-13-14-21-16-6-4-3-5-15(16)17/h3-6H,2,7-14H2,1H3/p+2. The van der Waals surface area contributed by atoms with Gasteiger partial charge in [0.2, 0.25) is 0 Å². The first-order chi connectivity index (χ1) is 10.3. The van der Waals surface area contributed by atoms with Crippen LogP contribution in [0, 0.1) is 0 Å². The summed E-state index contributed by atoms with van der Waals surface area (Å²) in [5.41, 5.74) is 0. The van der Waals surface area contributed by atoms with Crippen molar-refractivity contribution in [1.82, 2.24) is 0 Å². The van der Waals surface area contributed by atoms with Gasteiger partial charge in [0.15, 0.2) is 0 Å². The molecule has 1 aromatic rings. The highest BCUT2D eigenvalue weighted by atomic mass is 79.9. The molecule has 1 aliphatic rings. The number of hydrogen-bond acceptors (Lipinski definition) is 2. The lowest BCUT2D eigenvalue weighted by atomic mass is 10.3. The van der Waals surface area contributed by atoms with Crippen molar-refractivity contribution in [3.63, 3.8) is 0 Å². The first kappa shape index (κ1) is 16.7. The van der Waals surface area contributed by atoms with E-state index >= 15 is 0 Å². The van der Waals surface area contributed by atoms with E-state index in [2.05, 4.69) is 22.9 Å². The lowest BCUT2D eigenvalue weighted by Crippen LogP contribution is -3.28. The first-order valence-electron chi connectivity index (χ1n) is 7.91. The van der Waals surface area contributed by atoms with Gasteiger partial charge in [0.1, 0.15) is 45.1 Å². The summed E-state index contributed by atoms with van der Waals surface area (Å²) in [6.07, 6.45) is 0. The maximum absolute atomic E-state index is 5.68. The number of nitrogens with one attached hydrogen (secondary N) is 2. The van der Waals surface area contributed by atoms with Crippen molar-refractivity contribution >= 4 is 15.9 Å². The average Bonchev–Trinajstić information content (AvgIpc) is 2.53. The Morgan fingerprint density at radius 1 is 1.00 bits per heavy atom. The van der Waals surface area contributed by atoms with E-state index in [4.69, 9.17) is 9.47 Å². The number of rotatable bonds is 8. The largest absolute Gasteiger partial charge is 0.490 e.